The average Bonchev–Trinajstić information content (AvgIpc) is 3.08. The smallest absolute Gasteiger partial charge is 0.338 e. The molecule has 1 aromatic carbocycles. The third-order valence-electron chi connectivity index (χ3n) is 4.83. The third kappa shape index (κ3) is 4.19. The monoisotopic (exact) mass is 349 g/mol. The molecule has 3 atom stereocenters. The van der Waals surface area contributed by atoms with Gasteiger partial charge in [0.2, 0.25) is 0 Å². The molecule has 1 saturated heterocycles. The molecule has 24 heavy (non-hydrogen) atoms. The van der Waals surface area contributed by atoms with Gasteiger partial charge in [0.1, 0.15) is 11.9 Å². The molecule has 2 heterocycles. The van der Waals surface area contributed by atoms with Crippen molar-refractivity contribution in [3.05, 3.63) is 60.1 Å². The fourth-order valence-electron chi connectivity index (χ4n) is 3.17. The van der Waals surface area contributed by atoms with Crippen molar-refractivity contribution in [3.63, 3.8) is 0 Å². The van der Waals surface area contributed by atoms with Crippen molar-refractivity contribution in [2.24, 2.45) is 5.92 Å². The quantitative estimate of drug-likeness (QED) is 0.777. The lowest BCUT2D eigenvalue weighted by Gasteiger charge is -2.41. The van der Waals surface area contributed by atoms with E-state index in [4.69, 9.17) is 9.15 Å². The van der Waals surface area contributed by atoms with E-state index < -0.39 is 0 Å². The summed E-state index contributed by atoms with van der Waals surface area (Å²) >= 11 is 0. The van der Waals surface area contributed by atoms with Gasteiger partial charge in [-0.2, -0.15) is 0 Å². The fraction of sp³-hybridized carbons (Fsp3) is 0.421. The predicted octanol–water partition coefficient (Wildman–Crippen LogP) is 4.16. The van der Waals surface area contributed by atoms with Gasteiger partial charge in [-0.25, -0.2) is 4.79 Å². The molecule has 0 amide bonds. The second-order valence-corrected chi connectivity index (χ2v) is 6.25. The van der Waals surface area contributed by atoms with Crippen LogP contribution in [-0.4, -0.2) is 29.6 Å². The fourth-order valence-corrected chi connectivity index (χ4v) is 3.17. The Labute approximate surface area is 149 Å². The number of halogens is 1. The minimum atomic E-state index is -0.228. The van der Waals surface area contributed by atoms with Crippen LogP contribution in [0.3, 0.4) is 0 Å². The van der Waals surface area contributed by atoms with E-state index in [1.165, 1.54) is 0 Å². The number of nitrogens with zero attached hydrogens (tertiary/aromatic N) is 1. The summed E-state index contributed by atoms with van der Waals surface area (Å²) in [6.07, 6.45) is 2.52. The molecule has 0 bridgehead atoms. The Kier molecular flexibility index (Phi) is 6.46. The topological polar surface area (TPSA) is 42.7 Å². The number of esters is 1. The lowest BCUT2D eigenvalue weighted by molar-refractivity contribution is -0.0335. The Morgan fingerprint density at radius 2 is 1.96 bits per heavy atom. The highest BCUT2D eigenvalue weighted by atomic mass is 35.5. The SMILES string of the molecule is CC1C(OC(=O)c2ccccc2)CCN(Cc2ccco2)[C@H]1C.Cl. The summed E-state index contributed by atoms with van der Waals surface area (Å²) in [7, 11) is 0. The predicted molar refractivity (Wildman–Crippen MR) is 95.3 cm³/mol. The van der Waals surface area contributed by atoms with Gasteiger partial charge >= 0.3 is 5.97 Å². The number of hydrogen-bond acceptors (Lipinski definition) is 4. The largest absolute Gasteiger partial charge is 0.468 e. The van der Waals surface area contributed by atoms with Crippen LogP contribution < -0.4 is 0 Å². The van der Waals surface area contributed by atoms with Crippen molar-refractivity contribution >= 4 is 18.4 Å². The number of hydrogen-bond donors (Lipinski definition) is 0. The zero-order valence-corrected chi connectivity index (χ0v) is 14.9. The van der Waals surface area contributed by atoms with Crippen molar-refractivity contribution in [1.82, 2.24) is 4.90 Å². The molecule has 1 aliphatic rings. The first-order valence-electron chi connectivity index (χ1n) is 8.17. The first-order valence-corrected chi connectivity index (χ1v) is 8.17. The lowest BCUT2D eigenvalue weighted by Crippen LogP contribution is -2.49. The van der Waals surface area contributed by atoms with E-state index in [0.717, 1.165) is 25.3 Å². The summed E-state index contributed by atoms with van der Waals surface area (Å²) < 4.78 is 11.2. The van der Waals surface area contributed by atoms with Gasteiger partial charge in [0.15, 0.2) is 0 Å². The molecule has 0 radical (unpaired) electrons. The first-order chi connectivity index (χ1) is 11.1. The molecular formula is C19H24ClNO3. The van der Waals surface area contributed by atoms with Crippen LogP contribution in [-0.2, 0) is 11.3 Å². The van der Waals surface area contributed by atoms with Gasteiger partial charge in [-0.3, -0.25) is 4.90 Å². The van der Waals surface area contributed by atoms with Gasteiger partial charge in [-0.05, 0) is 37.6 Å². The summed E-state index contributed by atoms with van der Waals surface area (Å²) in [4.78, 5) is 14.6. The number of ether oxygens (including phenoxy) is 1. The molecular weight excluding hydrogens is 326 g/mol. The number of benzene rings is 1. The number of likely N-dealkylation sites (tertiary alicyclic amines) is 1. The Morgan fingerprint density at radius 1 is 1.21 bits per heavy atom. The Morgan fingerprint density at radius 3 is 2.62 bits per heavy atom. The van der Waals surface area contributed by atoms with Gasteiger partial charge in [-0.15, -0.1) is 12.4 Å². The standard InChI is InChI=1S/C19H23NO3.ClH/c1-14-15(2)20(13-17-9-6-12-22-17)11-10-18(14)23-19(21)16-7-4-3-5-8-16;/h3-9,12,14-15,18H,10-11,13H2,1-2H3;1H/t14?,15-,18?;/m0./s1. The molecule has 1 fully saturated rings. The van der Waals surface area contributed by atoms with E-state index in [1.807, 2.05) is 30.3 Å². The molecule has 1 aliphatic heterocycles. The maximum atomic E-state index is 12.3. The minimum Gasteiger partial charge on any atom is -0.468 e. The number of piperidine rings is 1. The maximum absolute atomic E-state index is 12.3. The van der Waals surface area contributed by atoms with Crippen LogP contribution in [0.4, 0.5) is 0 Å². The molecule has 0 N–H and O–H groups in total. The average molecular weight is 350 g/mol. The van der Waals surface area contributed by atoms with Gasteiger partial charge in [0.05, 0.1) is 18.4 Å². The number of carbonyl (C=O) groups is 1. The number of rotatable bonds is 4. The lowest BCUT2D eigenvalue weighted by atomic mass is 9.89. The van der Waals surface area contributed by atoms with Crippen LogP contribution in [0.5, 0.6) is 0 Å². The van der Waals surface area contributed by atoms with Crippen LogP contribution in [0, 0.1) is 5.92 Å². The van der Waals surface area contributed by atoms with Crippen molar-refractivity contribution in [2.45, 2.75) is 39.0 Å². The highest BCUT2D eigenvalue weighted by Gasteiger charge is 2.35. The molecule has 0 aliphatic carbocycles. The minimum absolute atomic E-state index is 0. The van der Waals surface area contributed by atoms with Gasteiger partial charge < -0.3 is 9.15 Å². The van der Waals surface area contributed by atoms with Crippen molar-refractivity contribution in [3.8, 4) is 0 Å². The molecule has 0 saturated carbocycles. The van der Waals surface area contributed by atoms with Gasteiger partial charge in [0, 0.05) is 18.5 Å². The van der Waals surface area contributed by atoms with E-state index in [9.17, 15) is 4.79 Å². The molecule has 5 heteroatoms. The van der Waals surface area contributed by atoms with Crippen LogP contribution in [0.1, 0.15) is 36.4 Å². The van der Waals surface area contributed by atoms with Crippen LogP contribution in [0.2, 0.25) is 0 Å². The van der Waals surface area contributed by atoms with Gasteiger partial charge in [0.25, 0.3) is 0 Å². The van der Waals surface area contributed by atoms with E-state index in [2.05, 4.69) is 18.7 Å². The summed E-state index contributed by atoms with van der Waals surface area (Å²) in [6, 6.07) is 13.4. The van der Waals surface area contributed by atoms with E-state index in [-0.39, 0.29) is 30.4 Å². The zero-order valence-electron chi connectivity index (χ0n) is 14.1. The zero-order chi connectivity index (χ0) is 16.2. The molecule has 3 rings (SSSR count). The molecule has 1 aromatic heterocycles. The molecule has 2 unspecified atom stereocenters. The van der Waals surface area contributed by atoms with Gasteiger partial charge in [-0.1, -0.05) is 25.1 Å². The number of carbonyl (C=O) groups excluding carboxylic acids is 1. The van der Waals surface area contributed by atoms with Crippen molar-refractivity contribution < 1.29 is 13.9 Å². The summed E-state index contributed by atoms with van der Waals surface area (Å²) in [5, 5.41) is 0. The van der Waals surface area contributed by atoms with Crippen molar-refractivity contribution in [2.75, 3.05) is 6.54 Å². The molecule has 130 valence electrons. The second kappa shape index (κ2) is 8.36. The third-order valence-corrected chi connectivity index (χ3v) is 4.83. The maximum Gasteiger partial charge on any atom is 0.338 e. The Hall–Kier alpha value is -1.78. The highest BCUT2D eigenvalue weighted by Crippen LogP contribution is 2.28. The Bertz CT molecular complexity index is 629. The first kappa shape index (κ1) is 18.6. The highest BCUT2D eigenvalue weighted by molar-refractivity contribution is 5.89. The van der Waals surface area contributed by atoms with E-state index in [1.54, 1.807) is 18.4 Å². The Balaban J connectivity index is 0.00000208. The second-order valence-electron chi connectivity index (χ2n) is 6.25. The summed E-state index contributed by atoms with van der Waals surface area (Å²) in [6.45, 7) is 6.05. The molecule has 4 nitrogen and oxygen atoms in total. The van der Waals surface area contributed by atoms with E-state index >= 15 is 0 Å². The van der Waals surface area contributed by atoms with Crippen LogP contribution in [0.25, 0.3) is 0 Å². The molecule has 0 spiro atoms. The number of furan rings is 1. The van der Waals surface area contributed by atoms with E-state index in [0.29, 0.717) is 11.6 Å². The van der Waals surface area contributed by atoms with Crippen LogP contribution in [0.15, 0.2) is 53.1 Å². The summed E-state index contributed by atoms with van der Waals surface area (Å²) in [5.74, 6) is 1.03. The van der Waals surface area contributed by atoms with Crippen LogP contribution >= 0.6 is 12.4 Å². The molecule has 2 aromatic rings. The summed E-state index contributed by atoms with van der Waals surface area (Å²) in [5.41, 5.74) is 0.616. The van der Waals surface area contributed by atoms with Crippen molar-refractivity contribution in [1.29, 1.82) is 0 Å². The normalized spacial score (nSPS) is 24.2.